The van der Waals surface area contributed by atoms with E-state index in [1.54, 1.807) is 16.8 Å². The topological polar surface area (TPSA) is 43.8 Å². The molecule has 2 N–H and O–H groups in total. The minimum absolute atomic E-state index is 0.286. The standard InChI is InChI=1S/C16H14FN3/c1-11-5-2-3-8-15(11)20-16(18)10-14(19-20)12-6-4-7-13(17)9-12/h2-10H,18H2,1H3. The molecule has 0 spiro atoms. The first kappa shape index (κ1) is 12.4. The molecule has 0 fully saturated rings. The number of benzene rings is 2. The van der Waals surface area contributed by atoms with Gasteiger partial charge in [0.2, 0.25) is 0 Å². The van der Waals surface area contributed by atoms with E-state index in [4.69, 9.17) is 5.73 Å². The number of aromatic nitrogens is 2. The Morgan fingerprint density at radius 2 is 1.85 bits per heavy atom. The summed E-state index contributed by atoms with van der Waals surface area (Å²) in [5, 5.41) is 4.48. The predicted octanol–water partition coefficient (Wildman–Crippen LogP) is 3.57. The Morgan fingerprint density at radius 3 is 2.60 bits per heavy atom. The van der Waals surface area contributed by atoms with Gasteiger partial charge >= 0.3 is 0 Å². The molecule has 3 aromatic rings. The number of aryl methyl sites for hydroxylation is 1. The van der Waals surface area contributed by atoms with Crippen molar-refractivity contribution < 1.29 is 4.39 Å². The maximum atomic E-state index is 13.3. The zero-order valence-corrected chi connectivity index (χ0v) is 11.0. The second kappa shape index (κ2) is 4.81. The highest BCUT2D eigenvalue weighted by Crippen LogP contribution is 2.24. The fourth-order valence-electron chi connectivity index (χ4n) is 2.18. The van der Waals surface area contributed by atoms with Crippen LogP contribution in [0.5, 0.6) is 0 Å². The van der Waals surface area contributed by atoms with E-state index in [0.29, 0.717) is 17.1 Å². The summed E-state index contributed by atoms with van der Waals surface area (Å²) >= 11 is 0. The number of anilines is 1. The van der Waals surface area contributed by atoms with Crippen molar-refractivity contribution in [1.29, 1.82) is 0 Å². The van der Waals surface area contributed by atoms with Crippen molar-refractivity contribution in [2.45, 2.75) is 6.92 Å². The van der Waals surface area contributed by atoms with Gasteiger partial charge in [-0.1, -0.05) is 30.3 Å². The molecule has 3 nitrogen and oxygen atoms in total. The van der Waals surface area contributed by atoms with Gasteiger partial charge < -0.3 is 5.73 Å². The van der Waals surface area contributed by atoms with Crippen molar-refractivity contribution in [1.82, 2.24) is 9.78 Å². The fraction of sp³-hybridized carbons (Fsp3) is 0.0625. The summed E-state index contributed by atoms with van der Waals surface area (Å²) in [6, 6.07) is 15.9. The minimum Gasteiger partial charge on any atom is -0.384 e. The summed E-state index contributed by atoms with van der Waals surface area (Å²) in [7, 11) is 0. The molecule has 20 heavy (non-hydrogen) atoms. The molecule has 3 rings (SSSR count). The summed E-state index contributed by atoms with van der Waals surface area (Å²) in [6.45, 7) is 2.00. The summed E-state index contributed by atoms with van der Waals surface area (Å²) in [4.78, 5) is 0. The highest BCUT2D eigenvalue weighted by Gasteiger charge is 2.10. The van der Waals surface area contributed by atoms with E-state index in [-0.39, 0.29) is 5.82 Å². The molecule has 0 aliphatic heterocycles. The molecule has 0 atom stereocenters. The van der Waals surface area contributed by atoms with E-state index in [0.717, 1.165) is 11.3 Å². The van der Waals surface area contributed by atoms with Gasteiger partial charge in [-0.3, -0.25) is 0 Å². The predicted molar refractivity (Wildman–Crippen MR) is 78.1 cm³/mol. The van der Waals surface area contributed by atoms with E-state index in [1.807, 2.05) is 37.3 Å². The third-order valence-corrected chi connectivity index (χ3v) is 3.20. The normalized spacial score (nSPS) is 10.7. The van der Waals surface area contributed by atoms with Gasteiger partial charge in [0.05, 0.1) is 11.4 Å². The molecule has 0 saturated carbocycles. The van der Waals surface area contributed by atoms with Crippen LogP contribution >= 0.6 is 0 Å². The van der Waals surface area contributed by atoms with Crippen LogP contribution in [0.3, 0.4) is 0 Å². The molecule has 0 saturated heterocycles. The van der Waals surface area contributed by atoms with Gasteiger partial charge in [-0.2, -0.15) is 5.10 Å². The average Bonchev–Trinajstić information content (AvgIpc) is 2.81. The van der Waals surface area contributed by atoms with Crippen LogP contribution in [0.25, 0.3) is 16.9 Å². The largest absolute Gasteiger partial charge is 0.384 e. The van der Waals surface area contributed by atoms with E-state index >= 15 is 0 Å². The molecule has 0 aliphatic rings. The Kier molecular flexibility index (Phi) is 2.99. The quantitative estimate of drug-likeness (QED) is 0.771. The van der Waals surface area contributed by atoms with Gasteiger partial charge in [0.25, 0.3) is 0 Å². The number of hydrogen-bond acceptors (Lipinski definition) is 2. The molecule has 0 radical (unpaired) electrons. The smallest absolute Gasteiger partial charge is 0.127 e. The van der Waals surface area contributed by atoms with Crippen molar-refractivity contribution in [2.75, 3.05) is 5.73 Å². The molecular formula is C16H14FN3. The lowest BCUT2D eigenvalue weighted by Crippen LogP contribution is -2.03. The van der Waals surface area contributed by atoms with Crippen LogP contribution in [0.4, 0.5) is 10.2 Å². The second-order valence-corrected chi connectivity index (χ2v) is 4.66. The molecule has 100 valence electrons. The first-order valence-electron chi connectivity index (χ1n) is 6.32. The van der Waals surface area contributed by atoms with Crippen LogP contribution in [0, 0.1) is 12.7 Å². The van der Waals surface area contributed by atoms with Gasteiger partial charge in [-0.15, -0.1) is 0 Å². The minimum atomic E-state index is -0.286. The number of rotatable bonds is 2. The summed E-state index contributed by atoms with van der Waals surface area (Å²) < 4.78 is 15.0. The molecule has 0 amide bonds. The fourth-order valence-corrected chi connectivity index (χ4v) is 2.18. The van der Waals surface area contributed by atoms with Crippen molar-refractivity contribution >= 4 is 5.82 Å². The first-order chi connectivity index (χ1) is 9.65. The lowest BCUT2D eigenvalue weighted by atomic mass is 10.1. The Hall–Kier alpha value is -2.62. The third kappa shape index (κ3) is 2.16. The van der Waals surface area contributed by atoms with Crippen LogP contribution < -0.4 is 5.73 Å². The van der Waals surface area contributed by atoms with E-state index in [9.17, 15) is 4.39 Å². The monoisotopic (exact) mass is 267 g/mol. The Balaban J connectivity index is 2.10. The van der Waals surface area contributed by atoms with Crippen molar-refractivity contribution in [2.24, 2.45) is 0 Å². The van der Waals surface area contributed by atoms with E-state index < -0.39 is 0 Å². The molecule has 0 bridgehead atoms. The maximum Gasteiger partial charge on any atom is 0.127 e. The lowest BCUT2D eigenvalue weighted by molar-refractivity contribution is 0.628. The molecular weight excluding hydrogens is 253 g/mol. The number of nitrogen functional groups attached to an aromatic ring is 1. The number of halogens is 1. The Labute approximate surface area is 116 Å². The SMILES string of the molecule is Cc1ccccc1-n1nc(-c2cccc(F)c2)cc1N. The average molecular weight is 267 g/mol. The Bertz CT molecular complexity index is 762. The molecule has 4 heteroatoms. The highest BCUT2D eigenvalue weighted by atomic mass is 19.1. The van der Waals surface area contributed by atoms with Gasteiger partial charge in [-0.05, 0) is 30.7 Å². The van der Waals surface area contributed by atoms with Crippen molar-refractivity contribution in [3.8, 4) is 16.9 Å². The summed E-state index contributed by atoms with van der Waals surface area (Å²) in [5.41, 5.74) is 9.39. The maximum absolute atomic E-state index is 13.3. The van der Waals surface area contributed by atoms with Crippen molar-refractivity contribution in [3.05, 3.63) is 66.0 Å². The van der Waals surface area contributed by atoms with Gasteiger partial charge in [-0.25, -0.2) is 9.07 Å². The molecule has 0 aliphatic carbocycles. The van der Waals surface area contributed by atoms with Gasteiger partial charge in [0, 0.05) is 11.6 Å². The number of para-hydroxylation sites is 1. The zero-order valence-electron chi connectivity index (χ0n) is 11.0. The van der Waals surface area contributed by atoms with E-state index in [2.05, 4.69) is 5.10 Å². The zero-order chi connectivity index (χ0) is 14.1. The first-order valence-corrected chi connectivity index (χ1v) is 6.32. The molecule has 1 heterocycles. The second-order valence-electron chi connectivity index (χ2n) is 4.66. The van der Waals surface area contributed by atoms with Crippen LogP contribution in [0.15, 0.2) is 54.6 Å². The van der Waals surface area contributed by atoms with Crippen LogP contribution in [0.1, 0.15) is 5.56 Å². The third-order valence-electron chi connectivity index (χ3n) is 3.20. The van der Waals surface area contributed by atoms with Crippen LogP contribution in [-0.4, -0.2) is 9.78 Å². The highest BCUT2D eigenvalue weighted by molar-refractivity contribution is 5.64. The number of nitrogens with zero attached hydrogens (tertiary/aromatic N) is 2. The van der Waals surface area contributed by atoms with Crippen LogP contribution in [-0.2, 0) is 0 Å². The summed E-state index contributed by atoms with van der Waals surface area (Å²) in [5.74, 6) is 0.241. The molecule has 0 unspecified atom stereocenters. The molecule has 1 aromatic heterocycles. The Morgan fingerprint density at radius 1 is 1.05 bits per heavy atom. The number of hydrogen-bond donors (Lipinski definition) is 1. The van der Waals surface area contributed by atoms with Gasteiger partial charge in [0.15, 0.2) is 0 Å². The van der Waals surface area contributed by atoms with Crippen LogP contribution in [0.2, 0.25) is 0 Å². The number of nitrogens with two attached hydrogens (primary N) is 1. The molecule has 2 aromatic carbocycles. The lowest BCUT2D eigenvalue weighted by Gasteiger charge is -2.06. The van der Waals surface area contributed by atoms with E-state index in [1.165, 1.54) is 12.1 Å². The summed E-state index contributed by atoms with van der Waals surface area (Å²) in [6.07, 6.45) is 0. The van der Waals surface area contributed by atoms with Gasteiger partial charge in [0.1, 0.15) is 11.6 Å². The van der Waals surface area contributed by atoms with Crippen molar-refractivity contribution in [3.63, 3.8) is 0 Å².